The lowest BCUT2D eigenvalue weighted by atomic mass is 9.87. The van der Waals surface area contributed by atoms with Gasteiger partial charge in [0.15, 0.2) is 15.8 Å². The SMILES string of the molecule is CCCCCC(C)(C)CNC(=NC)NCC1(S(C)(=O)=O)CCOCC1. The largest absolute Gasteiger partial charge is 0.381 e. The molecule has 25 heavy (non-hydrogen) atoms. The molecule has 0 aliphatic carbocycles. The van der Waals surface area contributed by atoms with Gasteiger partial charge in [-0.25, -0.2) is 8.42 Å². The Hall–Kier alpha value is -0.820. The summed E-state index contributed by atoms with van der Waals surface area (Å²) in [7, 11) is -1.46. The molecule has 148 valence electrons. The van der Waals surface area contributed by atoms with Crippen LogP contribution < -0.4 is 10.6 Å². The van der Waals surface area contributed by atoms with Crippen molar-refractivity contribution in [3.63, 3.8) is 0 Å². The highest BCUT2D eigenvalue weighted by Gasteiger charge is 2.42. The number of ether oxygens (including phenoxy) is 1. The minimum absolute atomic E-state index is 0.181. The van der Waals surface area contributed by atoms with Crippen molar-refractivity contribution in [3.8, 4) is 0 Å². The van der Waals surface area contributed by atoms with Crippen LogP contribution in [0.5, 0.6) is 0 Å². The van der Waals surface area contributed by atoms with E-state index in [-0.39, 0.29) is 5.41 Å². The summed E-state index contributed by atoms with van der Waals surface area (Å²) in [6, 6.07) is 0. The summed E-state index contributed by atoms with van der Waals surface area (Å²) < 4.78 is 29.2. The van der Waals surface area contributed by atoms with Gasteiger partial charge in [-0.05, 0) is 24.7 Å². The van der Waals surface area contributed by atoms with E-state index >= 15 is 0 Å². The molecule has 0 spiro atoms. The van der Waals surface area contributed by atoms with Crippen molar-refractivity contribution >= 4 is 15.8 Å². The van der Waals surface area contributed by atoms with Crippen molar-refractivity contribution in [3.05, 3.63) is 0 Å². The topological polar surface area (TPSA) is 79.8 Å². The van der Waals surface area contributed by atoms with Crippen molar-refractivity contribution in [1.29, 1.82) is 0 Å². The van der Waals surface area contributed by atoms with Crippen LogP contribution in [0.1, 0.15) is 59.3 Å². The molecule has 1 saturated heterocycles. The number of hydrogen-bond acceptors (Lipinski definition) is 4. The lowest BCUT2D eigenvalue weighted by Crippen LogP contribution is -2.54. The molecule has 0 radical (unpaired) electrons. The third kappa shape index (κ3) is 7.13. The number of nitrogens with one attached hydrogen (secondary N) is 2. The average molecular weight is 376 g/mol. The van der Waals surface area contributed by atoms with Crippen LogP contribution in [0, 0.1) is 5.41 Å². The van der Waals surface area contributed by atoms with E-state index in [2.05, 4.69) is 36.4 Å². The van der Waals surface area contributed by atoms with E-state index in [0.29, 0.717) is 38.6 Å². The summed E-state index contributed by atoms with van der Waals surface area (Å²) in [6.45, 7) is 8.87. The Morgan fingerprint density at radius 2 is 1.84 bits per heavy atom. The number of sulfone groups is 1. The highest BCUT2D eigenvalue weighted by atomic mass is 32.2. The maximum absolute atomic E-state index is 12.3. The van der Waals surface area contributed by atoms with Crippen molar-refractivity contribution in [2.24, 2.45) is 10.4 Å². The van der Waals surface area contributed by atoms with E-state index in [1.165, 1.54) is 25.5 Å². The smallest absolute Gasteiger partial charge is 0.191 e. The second kappa shape index (κ2) is 9.76. The van der Waals surface area contributed by atoms with E-state index in [1.54, 1.807) is 7.05 Å². The Morgan fingerprint density at radius 1 is 1.20 bits per heavy atom. The summed E-state index contributed by atoms with van der Waals surface area (Å²) in [5.74, 6) is 0.665. The van der Waals surface area contributed by atoms with Gasteiger partial charge in [-0.3, -0.25) is 4.99 Å². The lowest BCUT2D eigenvalue weighted by Gasteiger charge is -2.36. The average Bonchev–Trinajstić information content (AvgIpc) is 2.55. The molecule has 1 fully saturated rings. The second-order valence-corrected chi connectivity index (χ2v) is 10.4. The first-order valence-corrected chi connectivity index (χ1v) is 11.3. The zero-order valence-electron chi connectivity index (χ0n) is 16.7. The van der Waals surface area contributed by atoms with Gasteiger partial charge >= 0.3 is 0 Å². The normalized spacial score (nSPS) is 18.8. The molecule has 2 N–H and O–H groups in total. The molecule has 0 aromatic rings. The highest BCUT2D eigenvalue weighted by Crippen LogP contribution is 2.28. The standard InChI is InChI=1S/C18H37N3O3S/c1-6-7-8-9-17(2,3)14-20-16(19-4)21-15-18(25(5,22)23)10-12-24-13-11-18/h6-15H2,1-5H3,(H2,19,20,21). The Labute approximate surface area is 154 Å². The van der Waals surface area contributed by atoms with Gasteiger partial charge in [0.05, 0.1) is 4.75 Å². The van der Waals surface area contributed by atoms with E-state index in [0.717, 1.165) is 13.0 Å². The Bertz CT molecular complexity index is 524. The lowest BCUT2D eigenvalue weighted by molar-refractivity contribution is 0.0756. The number of aliphatic imine (C=N–C) groups is 1. The third-order valence-corrected chi connectivity index (χ3v) is 7.31. The van der Waals surface area contributed by atoms with Crippen LogP contribution in [-0.2, 0) is 14.6 Å². The van der Waals surface area contributed by atoms with E-state index in [1.807, 2.05) is 0 Å². The predicted molar refractivity (Wildman–Crippen MR) is 105 cm³/mol. The molecule has 1 heterocycles. The minimum atomic E-state index is -3.17. The summed E-state index contributed by atoms with van der Waals surface area (Å²) in [5, 5.41) is 6.59. The molecular weight excluding hydrogens is 338 g/mol. The quantitative estimate of drug-likeness (QED) is 0.367. The molecule has 0 bridgehead atoms. The van der Waals surface area contributed by atoms with E-state index in [9.17, 15) is 8.42 Å². The third-order valence-electron chi connectivity index (χ3n) is 5.18. The first kappa shape index (κ1) is 22.2. The molecule has 0 unspecified atom stereocenters. The molecule has 0 saturated carbocycles. The fraction of sp³-hybridized carbons (Fsp3) is 0.944. The van der Waals surface area contributed by atoms with Gasteiger partial charge in [0, 0.05) is 39.6 Å². The van der Waals surface area contributed by atoms with Crippen LogP contribution in [0.25, 0.3) is 0 Å². The Balaban J connectivity index is 2.58. The molecule has 0 aromatic heterocycles. The molecule has 1 rings (SSSR count). The Kier molecular flexibility index (Phi) is 8.68. The van der Waals surface area contributed by atoms with Crippen LogP contribution in [0.15, 0.2) is 4.99 Å². The maximum atomic E-state index is 12.3. The highest BCUT2D eigenvalue weighted by molar-refractivity contribution is 7.92. The zero-order chi connectivity index (χ0) is 19.0. The summed E-state index contributed by atoms with van der Waals surface area (Å²) in [5.41, 5.74) is 0.181. The van der Waals surface area contributed by atoms with Gasteiger partial charge in [0.25, 0.3) is 0 Å². The second-order valence-electron chi connectivity index (χ2n) is 7.97. The monoisotopic (exact) mass is 375 g/mol. The molecule has 1 aliphatic heterocycles. The van der Waals surface area contributed by atoms with Gasteiger partial charge in [-0.15, -0.1) is 0 Å². The van der Waals surface area contributed by atoms with E-state index < -0.39 is 14.6 Å². The summed E-state index contributed by atoms with van der Waals surface area (Å²) in [6.07, 6.45) is 7.26. The first-order valence-electron chi connectivity index (χ1n) is 9.38. The minimum Gasteiger partial charge on any atom is -0.381 e. The van der Waals surface area contributed by atoms with Crippen LogP contribution in [-0.4, -0.2) is 58.7 Å². The zero-order valence-corrected chi connectivity index (χ0v) is 17.5. The van der Waals surface area contributed by atoms with Crippen molar-refractivity contribution in [1.82, 2.24) is 10.6 Å². The van der Waals surface area contributed by atoms with Crippen molar-refractivity contribution in [2.75, 3.05) is 39.6 Å². The van der Waals surface area contributed by atoms with Crippen LogP contribution in [0.3, 0.4) is 0 Å². The number of rotatable bonds is 9. The van der Waals surface area contributed by atoms with Crippen molar-refractivity contribution < 1.29 is 13.2 Å². The fourth-order valence-electron chi connectivity index (χ4n) is 3.15. The van der Waals surface area contributed by atoms with Crippen LogP contribution in [0.2, 0.25) is 0 Å². The van der Waals surface area contributed by atoms with Gasteiger partial charge in [-0.1, -0.05) is 40.0 Å². The van der Waals surface area contributed by atoms with Crippen LogP contribution >= 0.6 is 0 Å². The van der Waals surface area contributed by atoms with Crippen LogP contribution in [0.4, 0.5) is 0 Å². The molecule has 1 aliphatic rings. The number of nitrogens with zero attached hydrogens (tertiary/aromatic N) is 1. The number of unbranched alkanes of at least 4 members (excludes halogenated alkanes) is 2. The van der Waals surface area contributed by atoms with Gasteiger partial charge < -0.3 is 15.4 Å². The first-order chi connectivity index (χ1) is 11.7. The summed E-state index contributed by atoms with van der Waals surface area (Å²) >= 11 is 0. The molecule has 6 nitrogen and oxygen atoms in total. The molecule has 7 heteroatoms. The van der Waals surface area contributed by atoms with Gasteiger partial charge in [0.1, 0.15) is 0 Å². The molecule has 0 atom stereocenters. The predicted octanol–water partition coefficient (Wildman–Crippen LogP) is 2.35. The van der Waals surface area contributed by atoms with E-state index in [4.69, 9.17) is 4.74 Å². The Morgan fingerprint density at radius 3 is 2.36 bits per heavy atom. The van der Waals surface area contributed by atoms with Gasteiger partial charge in [0.2, 0.25) is 0 Å². The molecular formula is C18H37N3O3S. The molecule has 0 aromatic carbocycles. The molecule has 0 amide bonds. The van der Waals surface area contributed by atoms with Gasteiger partial charge in [-0.2, -0.15) is 0 Å². The fourth-order valence-corrected chi connectivity index (χ4v) is 4.40. The number of guanidine groups is 1. The summed E-state index contributed by atoms with van der Waals surface area (Å²) in [4.78, 5) is 4.25. The number of hydrogen-bond donors (Lipinski definition) is 2. The maximum Gasteiger partial charge on any atom is 0.191 e. The van der Waals surface area contributed by atoms with Crippen molar-refractivity contribution in [2.45, 2.75) is 64.0 Å².